The van der Waals surface area contributed by atoms with Gasteiger partial charge in [0, 0.05) is 17.0 Å². The zero-order valence-corrected chi connectivity index (χ0v) is 8.08. The molecule has 3 heteroatoms. The van der Waals surface area contributed by atoms with Crippen LogP contribution in [0.5, 0.6) is 0 Å². The number of ketones is 1. The summed E-state index contributed by atoms with van der Waals surface area (Å²) in [7, 11) is 0. The summed E-state index contributed by atoms with van der Waals surface area (Å²) in [5, 5.41) is 9.60. The SMILES string of the molecule is CC(O)CC(=O)c1ccc(Cl)cc1. The number of aliphatic hydroxyl groups excluding tert-OH is 1. The number of aliphatic hydroxyl groups is 1. The molecule has 0 aliphatic carbocycles. The summed E-state index contributed by atoms with van der Waals surface area (Å²) in [6.07, 6.45) is -0.440. The van der Waals surface area contributed by atoms with E-state index in [1.165, 1.54) is 0 Å². The van der Waals surface area contributed by atoms with Crippen molar-refractivity contribution in [1.82, 2.24) is 0 Å². The first-order valence-electron chi connectivity index (χ1n) is 4.06. The molecule has 0 amide bonds. The van der Waals surface area contributed by atoms with Gasteiger partial charge >= 0.3 is 0 Å². The molecule has 1 N–H and O–H groups in total. The second-order valence-corrected chi connectivity index (χ2v) is 3.42. The van der Waals surface area contributed by atoms with E-state index in [-0.39, 0.29) is 12.2 Å². The van der Waals surface area contributed by atoms with Gasteiger partial charge in [-0.3, -0.25) is 4.79 Å². The van der Waals surface area contributed by atoms with Crippen LogP contribution in [0.15, 0.2) is 24.3 Å². The van der Waals surface area contributed by atoms with E-state index in [4.69, 9.17) is 16.7 Å². The molecular formula is C10H11ClO2. The van der Waals surface area contributed by atoms with Gasteiger partial charge in [0.25, 0.3) is 0 Å². The molecular weight excluding hydrogens is 188 g/mol. The van der Waals surface area contributed by atoms with Crippen molar-refractivity contribution in [3.05, 3.63) is 34.9 Å². The Bertz CT molecular complexity index is 290. The summed E-state index contributed by atoms with van der Waals surface area (Å²) < 4.78 is 0. The van der Waals surface area contributed by atoms with E-state index >= 15 is 0 Å². The predicted molar refractivity (Wildman–Crippen MR) is 52.1 cm³/mol. The zero-order valence-electron chi connectivity index (χ0n) is 7.33. The highest BCUT2D eigenvalue weighted by Crippen LogP contribution is 2.11. The summed E-state index contributed by atoms with van der Waals surface area (Å²) in [4.78, 5) is 11.4. The van der Waals surface area contributed by atoms with E-state index in [0.717, 1.165) is 0 Å². The van der Waals surface area contributed by atoms with E-state index in [0.29, 0.717) is 10.6 Å². The van der Waals surface area contributed by atoms with Crippen LogP contribution >= 0.6 is 11.6 Å². The largest absolute Gasteiger partial charge is 0.393 e. The molecule has 1 aromatic rings. The molecule has 0 bridgehead atoms. The fourth-order valence-electron chi connectivity index (χ4n) is 1.02. The molecule has 0 heterocycles. The van der Waals surface area contributed by atoms with Gasteiger partial charge in [-0.15, -0.1) is 0 Å². The highest BCUT2D eigenvalue weighted by atomic mass is 35.5. The lowest BCUT2D eigenvalue weighted by atomic mass is 10.1. The summed E-state index contributed by atoms with van der Waals surface area (Å²) in [6.45, 7) is 1.59. The molecule has 2 nitrogen and oxygen atoms in total. The summed E-state index contributed by atoms with van der Waals surface area (Å²) >= 11 is 5.66. The van der Waals surface area contributed by atoms with E-state index in [1.807, 2.05) is 0 Å². The number of carbonyl (C=O) groups excluding carboxylic acids is 1. The fraction of sp³-hybridized carbons (Fsp3) is 0.300. The number of carbonyl (C=O) groups is 1. The standard InChI is InChI=1S/C10H11ClO2/c1-7(12)6-10(13)8-2-4-9(11)5-3-8/h2-5,7,12H,6H2,1H3. The topological polar surface area (TPSA) is 37.3 Å². The Balaban J connectivity index is 2.72. The van der Waals surface area contributed by atoms with Crippen LogP contribution < -0.4 is 0 Å². The first-order valence-corrected chi connectivity index (χ1v) is 4.44. The number of Topliss-reactive ketones (excluding diaryl/α,β-unsaturated/α-hetero) is 1. The Morgan fingerprint density at radius 1 is 1.46 bits per heavy atom. The summed E-state index contributed by atoms with van der Waals surface area (Å²) in [5.74, 6) is -0.0633. The van der Waals surface area contributed by atoms with Crippen molar-refractivity contribution in [2.45, 2.75) is 19.4 Å². The lowest BCUT2D eigenvalue weighted by molar-refractivity contribution is 0.0901. The van der Waals surface area contributed by atoms with Gasteiger partial charge in [-0.1, -0.05) is 11.6 Å². The van der Waals surface area contributed by atoms with Crippen LogP contribution in [0.4, 0.5) is 0 Å². The minimum absolute atomic E-state index is 0.0633. The van der Waals surface area contributed by atoms with Crippen LogP contribution in [0.1, 0.15) is 23.7 Å². The smallest absolute Gasteiger partial charge is 0.165 e. The molecule has 0 spiro atoms. The van der Waals surface area contributed by atoms with Gasteiger partial charge in [-0.2, -0.15) is 0 Å². The monoisotopic (exact) mass is 198 g/mol. The number of hydrogen-bond donors (Lipinski definition) is 1. The average molecular weight is 199 g/mol. The van der Waals surface area contributed by atoms with E-state index in [2.05, 4.69) is 0 Å². The molecule has 0 radical (unpaired) electrons. The maximum absolute atomic E-state index is 11.4. The van der Waals surface area contributed by atoms with Crippen LogP contribution in [0.25, 0.3) is 0 Å². The number of rotatable bonds is 3. The minimum Gasteiger partial charge on any atom is -0.393 e. The van der Waals surface area contributed by atoms with Gasteiger partial charge in [0.05, 0.1) is 6.10 Å². The van der Waals surface area contributed by atoms with Crippen molar-refractivity contribution < 1.29 is 9.90 Å². The Hall–Kier alpha value is -0.860. The summed E-state index contributed by atoms with van der Waals surface area (Å²) in [5.41, 5.74) is 0.588. The van der Waals surface area contributed by atoms with Crippen molar-refractivity contribution >= 4 is 17.4 Å². The molecule has 70 valence electrons. The molecule has 0 aliphatic heterocycles. The summed E-state index contributed by atoms with van der Waals surface area (Å²) in [6, 6.07) is 6.65. The average Bonchev–Trinajstić information content (AvgIpc) is 2.04. The molecule has 1 aromatic carbocycles. The van der Waals surface area contributed by atoms with Crippen molar-refractivity contribution in [3.63, 3.8) is 0 Å². The van der Waals surface area contributed by atoms with Gasteiger partial charge in [0.15, 0.2) is 5.78 Å². The molecule has 0 saturated heterocycles. The van der Waals surface area contributed by atoms with Crippen LogP contribution in [-0.4, -0.2) is 17.0 Å². The minimum atomic E-state index is -0.594. The second kappa shape index (κ2) is 4.40. The molecule has 0 aliphatic rings. The van der Waals surface area contributed by atoms with Gasteiger partial charge in [-0.05, 0) is 31.2 Å². The zero-order chi connectivity index (χ0) is 9.84. The van der Waals surface area contributed by atoms with Crippen molar-refractivity contribution in [2.24, 2.45) is 0 Å². The van der Waals surface area contributed by atoms with Crippen LogP contribution in [0.3, 0.4) is 0 Å². The molecule has 1 atom stereocenters. The van der Waals surface area contributed by atoms with Crippen molar-refractivity contribution in [1.29, 1.82) is 0 Å². The van der Waals surface area contributed by atoms with Crippen LogP contribution in [-0.2, 0) is 0 Å². The Labute approximate surface area is 82.2 Å². The maximum atomic E-state index is 11.4. The van der Waals surface area contributed by atoms with E-state index in [1.54, 1.807) is 31.2 Å². The highest BCUT2D eigenvalue weighted by Gasteiger charge is 2.08. The molecule has 0 fully saturated rings. The van der Waals surface area contributed by atoms with Gasteiger partial charge in [-0.25, -0.2) is 0 Å². The van der Waals surface area contributed by atoms with E-state index < -0.39 is 6.10 Å². The quantitative estimate of drug-likeness (QED) is 0.757. The number of benzene rings is 1. The lowest BCUT2D eigenvalue weighted by Crippen LogP contribution is -2.09. The number of hydrogen-bond acceptors (Lipinski definition) is 2. The fourth-order valence-corrected chi connectivity index (χ4v) is 1.15. The van der Waals surface area contributed by atoms with Crippen LogP contribution in [0.2, 0.25) is 5.02 Å². The van der Waals surface area contributed by atoms with Crippen LogP contribution in [0, 0.1) is 0 Å². The third-order valence-corrected chi connectivity index (χ3v) is 1.90. The predicted octanol–water partition coefficient (Wildman–Crippen LogP) is 2.29. The lowest BCUT2D eigenvalue weighted by Gasteiger charge is -2.02. The maximum Gasteiger partial charge on any atom is 0.165 e. The van der Waals surface area contributed by atoms with Gasteiger partial charge in [0.2, 0.25) is 0 Å². The normalized spacial score (nSPS) is 12.5. The molecule has 1 unspecified atom stereocenters. The first kappa shape index (κ1) is 10.2. The molecule has 13 heavy (non-hydrogen) atoms. The molecule has 1 rings (SSSR count). The Kier molecular flexibility index (Phi) is 3.46. The third kappa shape index (κ3) is 3.17. The van der Waals surface area contributed by atoms with Gasteiger partial charge in [0.1, 0.15) is 0 Å². The van der Waals surface area contributed by atoms with Gasteiger partial charge < -0.3 is 5.11 Å². The molecule has 0 aromatic heterocycles. The first-order chi connectivity index (χ1) is 6.09. The van der Waals surface area contributed by atoms with Crippen molar-refractivity contribution in [2.75, 3.05) is 0 Å². The highest BCUT2D eigenvalue weighted by molar-refractivity contribution is 6.30. The van der Waals surface area contributed by atoms with E-state index in [9.17, 15) is 4.79 Å². The third-order valence-electron chi connectivity index (χ3n) is 1.65. The second-order valence-electron chi connectivity index (χ2n) is 2.98. The van der Waals surface area contributed by atoms with Crippen molar-refractivity contribution in [3.8, 4) is 0 Å². The Morgan fingerprint density at radius 2 is 2.00 bits per heavy atom. The Morgan fingerprint density at radius 3 is 2.46 bits per heavy atom. The molecule has 0 saturated carbocycles. The number of halogens is 1.